The molecular weight excluding hydrogens is 380 g/mol. The molecule has 6 nitrogen and oxygen atoms in total. The monoisotopic (exact) mass is 414 g/mol. The van der Waals surface area contributed by atoms with Crippen LogP contribution in [0.15, 0.2) is 24.3 Å². The number of esters is 1. The van der Waals surface area contributed by atoms with E-state index in [2.05, 4.69) is 25.2 Å². The lowest BCUT2D eigenvalue weighted by Crippen LogP contribution is -2.41. The van der Waals surface area contributed by atoms with Crippen LogP contribution in [0, 0.1) is 5.41 Å². The Morgan fingerprint density at radius 2 is 1.90 bits per heavy atom. The van der Waals surface area contributed by atoms with E-state index in [1.54, 1.807) is 11.0 Å². The van der Waals surface area contributed by atoms with Crippen molar-refractivity contribution < 1.29 is 19.1 Å². The smallest absolute Gasteiger partial charge is 0.414 e. The van der Waals surface area contributed by atoms with Crippen LogP contribution in [0.2, 0.25) is 0 Å². The second kappa shape index (κ2) is 8.32. The maximum atomic E-state index is 12.9. The van der Waals surface area contributed by atoms with Crippen molar-refractivity contribution in [2.45, 2.75) is 71.9 Å². The minimum absolute atomic E-state index is 0.324. The number of hydrogen-bond acceptors (Lipinski definition) is 5. The van der Waals surface area contributed by atoms with Gasteiger partial charge in [0.2, 0.25) is 0 Å². The summed E-state index contributed by atoms with van der Waals surface area (Å²) in [5, 5.41) is 3.60. The quantitative estimate of drug-likeness (QED) is 0.664. The molecule has 0 aromatic heterocycles. The van der Waals surface area contributed by atoms with Gasteiger partial charge in [0.15, 0.2) is 0 Å². The van der Waals surface area contributed by atoms with E-state index in [1.165, 1.54) is 7.11 Å². The number of ether oxygens (including phenoxy) is 2. The van der Waals surface area contributed by atoms with E-state index in [-0.39, 0.29) is 12.1 Å². The predicted molar refractivity (Wildman–Crippen MR) is 118 cm³/mol. The van der Waals surface area contributed by atoms with Crippen molar-refractivity contribution in [3.8, 4) is 0 Å². The topological polar surface area (TPSA) is 67.9 Å². The summed E-state index contributed by atoms with van der Waals surface area (Å²) in [5.41, 5.74) is 2.82. The van der Waals surface area contributed by atoms with Gasteiger partial charge in [-0.25, -0.2) is 9.59 Å². The zero-order chi connectivity index (χ0) is 22.1. The number of hydrogen-bond donors (Lipinski definition) is 1. The molecule has 0 bridgehead atoms. The van der Waals surface area contributed by atoms with E-state index in [4.69, 9.17) is 9.47 Å². The number of allylic oxidation sites excluding steroid dienone is 1. The maximum Gasteiger partial charge on any atom is 0.414 e. The molecule has 6 heteroatoms. The van der Waals surface area contributed by atoms with Gasteiger partial charge in [-0.05, 0) is 70.1 Å². The van der Waals surface area contributed by atoms with Crippen LogP contribution in [0.4, 0.5) is 10.5 Å². The van der Waals surface area contributed by atoms with E-state index < -0.39 is 5.60 Å². The Bertz CT molecular complexity index is 843. The van der Waals surface area contributed by atoms with Gasteiger partial charge in [0.25, 0.3) is 0 Å². The second-order valence-electron chi connectivity index (χ2n) is 10.0. The molecule has 0 spiro atoms. The van der Waals surface area contributed by atoms with Crippen molar-refractivity contribution in [3.05, 3.63) is 35.4 Å². The van der Waals surface area contributed by atoms with E-state index in [0.29, 0.717) is 23.6 Å². The van der Waals surface area contributed by atoms with Crippen LogP contribution >= 0.6 is 0 Å². The largest absolute Gasteiger partial charge is 0.465 e. The third-order valence-corrected chi connectivity index (χ3v) is 5.50. The molecule has 1 N–H and O–H groups in total. The molecule has 1 saturated carbocycles. The van der Waals surface area contributed by atoms with E-state index in [9.17, 15) is 9.59 Å². The first-order chi connectivity index (χ1) is 14.0. The van der Waals surface area contributed by atoms with Crippen LogP contribution in [0.1, 0.15) is 76.2 Å². The molecule has 0 atom stereocenters. The van der Waals surface area contributed by atoms with E-state index in [0.717, 1.165) is 42.6 Å². The number of anilines is 1. The average Bonchev–Trinajstić information content (AvgIpc) is 2.64. The van der Waals surface area contributed by atoms with Crippen molar-refractivity contribution >= 4 is 23.4 Å². The first-order valence-corrected chi connectivity index (χ1v) is 10.7. The summed E-state index contributed by atoms with van der Waals surface area (Å²) in [6, 6.07) is 5.81. The number of amides is 1. The van der Waals surface area contributed by atoms with Gasteiger partial charge < -0.3 is 14.8 Å². The Hall–Kier alpha value is -2.50. The van der Waals surface area contributed by atoms with Crippen LogP contribution in [-0.4, -0.2) is 42.3 Å². The van der Waals surface area contributed by atoms with Gasteiger partial charge in [-0.15, -0.1) is 0 Å². The standard InChI is InChI=1S/C24H34N2O4/c1-23(2,3)30-22(28)26-12-8-7-9-20(26)18-11-10-16(21(27)29-6)13-19(18)25-17-14-24(4,5)15-17/h9-11,13,17,25H,7-8,12,14-15H2,1-6H3. The molecule has 0 saturated heterocycles. The highest BCUT2D eigenvalue weighted by Gasteiger charge is 2.37. The van der Waals surface area contributed by atoms with Crippen molar-refractivity contribution in [3.63, 3.8) is 0 Å². The van der Waals surface area contributed by atoms with Crippen LogP contribution in [0.5, 0.6) is 0 Å². The SMILES string of the molecule is COC(=O)c1ccc(C2=CCCCN2C(=O)OC(C)(C)C)c(NC2CC(C)(C)C2)c1. The highest BCUT2D eigenvalue weighted by Crippen LogP contribution is 2.42. The summed E-state index contributed by atoms with van der Waals surface area (Å²) in [5.74, 6) is -0.375. The lowest BCUT2D eigenvalue weighted by molar-refractivity contribution is 0.0346. The fourth-order valence-electron chi connectivity index (χ4n) is 4.21. The molecule has 0 radical (unpaired) electrons. The number of nitrogens with one attached hydrogen (secondary N) is 1. The Labute approximate surface area is 179 Å². The van der Waals surface area contributed by atoms with E-state index >= 15 is 0 Å². The molecule has 164 valence electrons. The van der Waals surface area contributed by atoms with Gasteiger partial charge in [0.1, 0.15) is 5.60 Å². The van der Waals surface area contributed by atoms with Gasteiger partial charge in [-0.1, -0.05) is 19.9 Å². The summed E-state index contributed by atoms with van der Waals surface area (Å²) in [6.07, 6.45) is 5.64. The Kier molecular flexibility index (Phi) is 6.16. The summed E-state index contributed by atoms with van der Waals surface area (Å²) < 4.78 is 10.5. The Morgan fingerprint density at radius 1 is 1.20 bits per heavy atom. The molecule has 1 fully saturated rings. The number of rotatable bonds is 4. The summed E-state index contributed by atoms with van der Waals surface area (Å²) in [4.78, 5) is 26.7. The van der Waals surface area contributed by atoms with Crippen LogP contribution in [0.3, 0.4) is 0 Å². The van der Waals surface area contributed by atoms with Crippen molar-refractivity contribution in [2.75, 3.05) is 19.0 Å². The number of benzene rings is 1. The maximum absolute atomic E-state index is 12.9. The van der Waals surface area contributed by atoms with Crippen molar-refractivity contribution in [1.29, 1.82) is 0 Å². The fourth-order valence-corrected chi connectivity index (χ4v) is 4.21. The summed E-state index contributed by atoms with van der Waals surface area (Å²) in [7, 11) is 1.38. The number of carbonyl (C=O) groups is 2. The predicted octanol–water partition coefficient (Wildman–Crippen LogP) is 5.45. The molecule has 1 heterocycles. The minimum atomic E-state index is -0.563. The lowest BCUT2D eigenvalue weighted by atomic mass is 9.68. The fraction of sp³-hybridized carbons (Fsp3) is 0.583. The number of nitrogens with zero attached hydrogens (tertiary/aromatic N) is 1. The first kappa shape index (κ1) is 22.2. The minimum Gasteiger partial charge on any atom is -0.465 e. The highest BCUT2D eigenvalue weighted by molar-refractivity contribution is 5.93. The zero-order valence-corrected chi connectivity index (χ0v) is 19.0. The molecule has 1 aromatic carbocycles. The van der Waals surface area contributed by atoms with Gasteiger partial charge in [0.05, 0.1) is 18.4 Å². The first-order valence-electron chi connectivity index (χ1n) is 10.7. The van der Waals surface area contributed by atoms with Crippen molar-refractivity contribution in [1.82, 2.24) is 4.90 Å². The zero-order valence-electron chi connectivity index (χ0n) is 19.0. The third kappa shape index (κ3) is 5.15. The van der Waals surface area contributed by atoms with Crippen LogP contribution in [-0.2, 0) is 9.47 Å². The van der Waals surface area contributed by atoms with E-state index in [1.807, 2.05) is 32.9 Å². The Balaban J connectivity index is 1.94. The van der Waals surface area contributed by atoms with Crippen LogP contribution < -0.4 is 5.32 Å². The highest BCUT2D eigenvalue weighted by atomic mass is 16.6. The molecule has 2 aliphatic rings. The third-order valence-electron chi connectivity index (χ3n) is 5.50. The molecule has 1 aliphatic carbocycles. The molecule has 1 amide bonds. The second-order valence-corrected chi connectivity index (χ2v) is 10.0. The lowest BCUT2D eigenvalue weighted by Gasteiger charge is -2.44. The molecule has 3 rings (SSSR count). The molecule has 30 heavy (non-hydrogen) atoms. The van der Waals surface area contributed by atoms with Gasteiger partial charge in [-0.3, -0.25) is 4.90 Å². The number of carbonyl (C=O) groups excluding carboxylic acids is 2. The summed E-state index contributed by atoms with van der Waals surface area (Å²) in [6.45, 7) is 10.7. The normalized spacial score (nSPS) is 18.9. The molecular formula is C24H34N2O4. The Morgan fingerprint density at radius 3 is 2.50 bits per heavy atom. The van der Waals surface area contributed by atoms with Crippen LogP contribution in [0.25, 0.3) is 5.70 Å². The molecule has 1 aliphatic heterocycles. The number of methoxy groups -OCH3 is 1. The molecule has 0 unspecified atom stereocenters. The average molecular weight is 415 g/mol. The van der Waals surface area contributed by atoms with Gasteiger partial charge in [0, 0.05) is 23.8 Å². The summed E-state index contributed by atoms with van der Waals surface area (Å²) >= 11 is 0. The van der Waals surface area contributed by atoms with Gasteiger partial charge in [-0.2, -0.15) is 0 Å². The van der Waals surface area contributed by atoms with Gasteiger partial charge >= 0.3 is 12.1 Å². The van der Waals surface area contributed by atoms with Crippen molar-refractivity contribution in [2.24, 2.45) is 5.41 Å². The molecule has 1 aromatic rings.